The zero-order chi connectivity index (χ0) is 24.5. The van der Waals surface area contributed by atoms with Gasteiger partial charge < -0.3 is 19.6 Å². The fraction of sp³-hybridized carbons (Fsp3) is 0.375. The second kappa shape index (κ2) is 9.71. The minimum absolute atomic E-state index is 0.134. The Bertz CT molecular complexity index is 1010. The second-order valence-electron chi connectivity index (χ2n) is 8.35. The van der Waals surface area contributed by atoms with Crippen molar-refractivity contribution in [2.45, 2.75) is 40.8 Å². The average molecular weight is 492 g/mol. The van der Waals surface area contributed by atoms with Gasteiger partial charge in [-0.15, -0.1) is 0 Å². The molecule has 1 heterocycles. The van der Waals surface area contributed by atoms with Gasteiger partial charge in [-0.25, -0.2) is 9.59 Å². The van der Waals surface area contributed by atoms with Gasteiger partial charge in [-0.05, 0) is 37.1 Å². The molecule has 2 aromatic rings. The Morgan fingerprint density at radius 2 is 1.56 bits per heavy atom. The van der Waals surface area contributed by atoms with E-state index in [1.807, 2.05) is 0 Å². The Morgan fingerprint density at radius 3 is 2.09 bits per heavy atom. The first-order valence-corrected chi connectivity index (χ1v) is 12.3. The first-order valence-electron chi connectivity index (χ1n) is 10.6. The van der Waals surface area contributed by atoms with Crippen molar-refractivity contribution in [2.24, 2.45) is 17.8 Å². The van der Waals surface area contributed by atoms with Gasteiger partial charge in [-0.1, -0.05) is 36.4 Å². The third-order valence-electron chi connectivity index (χ3n) is 6.44. The second-order valence-corrected chi connectivity index (χ2v) is 10.3. The van der Waals surface area contributed by atoms with Gasteiger partial charge in [0.15, 0.2) is 9.79 Å². The Hall–Kier alpha value is -2.98. The van der Waals surface area contributed by atoms with Crippen LogP contribution in [-0.2, 0) is 39.6 Å². The Labute approximate surface area is 197 Å². The van der Waals surface area contributed by atoms with E-state index in [2.05, 4.69) is 76.5 Å². The highest BCUT2D eigenvalue weighted by Gasteiger charge is 2.64. The molecule has 7 nitrogen and oxygen atoms in total. The normalized spacial score (nSPS) is 26.5. The molecule has 0 aromatic heterocycles. The van der Waals surface area contributed by atoms with Crippen LogP contribution in [0.5, 0.6) is 0 Å². The summed E-state index contributed by atoms with van der Waals surface area (Å²) in [4.78, 5) is 38.7. The lowest BCUT2D eigenvalue weighted by molar-refractivity contribution is -0.659. The molecule has 2 saturated carbocycles. The maximum Gasteiger partial charge on any atom is 0.436 e. The van der Waals surface area contributed by atoms with Gasteiger partial charge in [0, 0.05) is 11.8 Å². The molecule has 5 atom stereocenters. The fourth-order valence-corrected chi connectivity index (χ4v) is 6.19. The number of ether oxygens (including phenoxy) is 2. The van der Waals surface area contributed by atoms with Crippen molar-refractivity contribution in [3.8, 4) is 0 Å². The predicted octanol–water partition coefficient (Wildman–Crippen LogP) is 2.29. The van der Waals surface area contributed by atoms with Gasteiger partial charge >= 0.3 is 23.8 Å². The summed E-state index contributed by atoms with van der Waals surface area (Å²) in [5, 5.41) is 9.71. The highest BCUT2D eigenvalue weighted by atomic mass is 32.2. The van der Waals surface area contributed by atoms with Crippen LogP contribution in [0, 0.1) is 17.8 Å². The van der Waals surface area contributed by atoms with Crippen molar-refractivity contribution in [1.29, 1.82) is 0 Å². The van der Waals surface area contributed by atoms with Crippen LogP contribution in [0.25, 0.3) is 0 Å². The molecule has 3 aliphatic rings. The number of esters is 2. The topological polar surface area (TPSA) is 102 Å². The Balaban J connectivity index is 0.000000172. The van der Waals surface area contributed by atoms with E-state index in [1.54, 1.807) is 0 Å². The van der Waals surface area contributed by atoms with Gasteiger partial charge in [-0.2, -0.15) is 8.78 Å². The summed E-state index contributed by atoms with van der Waals surface area (Å²) in [7, 11) is 0.203. The van der Waals surface area contributed by atoms with E-state index >= 15 is 0 Å². The summed E-state index contributed by atoms with van der Waals surface area (Å²) in [6, 6.07) is 21.3. The third-order valence-corrected chi connectivity index (χ3v) is 8.40. The number of benzene rings is 2. The molecule has 3 fully saturated rings. The molecule has 0 amide bonds. The van der Waals surface area contributed by atoms with Crippen molar-refractivity contribution < 1.29 is 42.8 Å². The van der Waals surface area contributed by atoms with Gasteiger partial charge in [0.25, 0.3) is 0 Å². The Morgan fingerprint density at radius 1 is 1.00 bits per heavy atom. The van der Waals surface area contributed by atoms with Crippen LogP contribution in [0.2, 0.25) is 0 Å². The summed E-state index contributed by atoms with van der Waals surface area (Å²) < 4.78 is 36.0. The smallest absolute Gasteiger partial charge is 0.436 e. The quantitative estimate of drug-likeness (QED) is 0.208. The van der Waals surface area contributed by atoms with Gasteiger partial charge in [0.1, 0.15) is 18.5 Å². The highest BCUT2D eigenvalue weighted by molar-refractivity contribution is 7.96. The molecule has 2 bridgehead atoms. The van der Waals surface area contributed by atoms with Crippen molar-refractivity contribution in [3.05, 3.63) is 60.7 Å². The summed E-state index contributed by atoms with van der Waals surface area (Å²) in [5.74, 6) is -10.4. The van der Waals surface area contributed by atoms with E-state index in [0.717, 1.165) is 0 Å². The van der Waals surface area contributed by atoms with Crippen molar-refractivity contribution in [2.75, 3.05) is 6.26 Å². The van der Waals surface area contributed by atoms with E-state index in [9.17, 15) is 28.4 Å². The van der Waals surface area contributed by atoms with Crippen molar-refractivity contribution in [1.82, 2.24) is 0 Å². The Kier molecular flexibility index (Phi) is 6.90. The van der Waals surface area contributed by atoms with Gasteiger partial charge in [0.05, 0.1) is 16.8 Å². The molecule has 5 rings (SSSR count). The van der Waals surface area contributed by atoms with Crippen LogP contribution in [0.3, 0.4) is 0 Å². The number of carbonyl (C=O) groups excluding carboxylic acids is 3. The summed E-state index contributed by atoms with van der Waals surface area (Å²) in [5.41, 5.74) is 0. The van der Waals surface area contributed by atoms with E-state index in [-0.39, 0.29) is 28.6 Å². The minimum Gasteiger partial charge on any atom is -0.661 e. The number of hydrogen-bond donors (Lipinski definition) is 0. The maximum absolute atomic E-state index is 13.2. The van der Waals surface area contributed by atoms with Crippen LogP contribution in [0.15, 0.2) is 70.5 Å². The van der Waals surface area contributed by atoms with Crippen LogP contribution in [-0.4, -0.2) is 42.3 Å². The molecule has 0 radical (unpaired) electrons. The number of alkyl halides is 2. The van der Waals surface area contributed by atoms with Crippen LogP contribution in [0.1, 0.15) is 12.8 Å². The van der Waals surface area contributed by atoms with E-state index < -0.39 is 36.0 Å². The number of hydrogen-bond acceptors (Lipinski definition) is 7. The molecule has 2 aliphatic carbocycles. The predicted molar refractivity (Wildman–Crippen MR) is 113 cm³/mol. The lowest BCUT2D eigenvalue weighted by Crippen LogP contribution is -2.46. The summed E-state index contributed by atoms with van der Waals surface area (Å²) in [6.45, 7) is 0. The van der Waals surface area contributed by atoms with Gasteiger partial charge in [-0.3, -0.25) is 4.79 Å². The van der Waals surface area contributed by atoms with E-state index in [4.69, 9.17) is 4.74 Å². The lowest BCUT2D eigenvalue weighted by Gasteiger charge is -2.26. The molecule has 2 aromatic carbocycles. The van der Waals surface area contributed by atoms with Crippen LogP contribution in [0.4, 0.5) is 8.78 Å². The van der Waals surface area contributed by atoms with E-state index in [1.165, 1.54) is 9.79 Å². The molecular weight excluding hydrogens is 470 g/mol. The molecule has 0 N–H and O–H groups in total. The van der Waals surface area contributed by atoms with Gasteiger partial charge in [0.2, 0.25) is 0 Å². The first-order chi connectivity index (χ1) is 16.2. The largest absolute Gasteiger partial charge is 0.661 e. The average Bonchev–Trinajstić information content (AvgIpc) is 3.50. The first kappa shape index (κ1) is 24.2. The molecule has 5 unspecified atom stereocenters. The van der Waals surface area contributed by atoms with Crippen molar-refractivity contribution in [3.63, 3.8) is 0 Å². The number of rotatable bonds is 5. The van der Waals surface area contributed by atoms with Crippen LogP contribution >= 0.6 is 0 Å². The lowest BCUT2D eigenvalue weighted by atomic mass is 9.88. The third kappa shape index (κ3) is 4.52. The molecule has 0 spiro atoms. The number of halogens is 2. The zero-order valence-electron chi connectivity index (χ0n) is 18.1. The highest BCUT2D eigenvalue weighted by Crippen LogP contribution is 2.55. The summed E-state index contributed by atoms with van der Waals surface area (Å²) >= 11 is 0. The standard InChI is InChI=1S/C13H13S.C11H10F2O7/c1-14(12-8-4-2-5-9-12)13-10-6-3-7-11-13;12-11(13,10(16)20-17)9(15)19-6-3-1-4-5(2-3)8(14)18-7(4)6/h2-11H,1H3;3-7,17H,1-2H2/q+1;/p-1. The SMILES string of the molecule is C[S+](c1ccccc1)c1ccccc1.O=C1OC2C3CC(CC13)C2OC(=O)C(F)(F)C(=O)O[O-]. The minimum atomic E-state index is -4.66. The fourth-order valence-electron chi connectivity index (χ4n) is 4.78. The maximum atomic E-state index is 13.2. The molecule has 34 heavy (non-hydrogen) atoms. The summed E-state index contributed by atoms with van der Waals surface area (Å²) in [6.07, 6.45) is 1.49. The molecule has 1 saturated heterocycles. The number of fused-ring (bicyclic) bond motifs is 1. The monoisotopic (exact) mass is 492 g/mol. The molecule has 1 aliphatic heterocycles. The zero-order valence-corrected chi connectivity index (χ0v) is 18.9. The molecule has 10 heteroatoms. The molecule has 180 valence electrons. The molecular formula is C24H22F2O7S. The van der Waals surface area contributed by atoms with E-state index in [0.29, 0.717) is 12.8 Å². The van der Waals surface area contributed by atoms with Crippen LogP contribution < -0.4 is 5.26 Å². The van der Waals surface area contributed by atoms with Crippen molar-refractivity contribution >= 4 is 28.8 Å². The number of carbonyl (C=O) groups is 3.